The number of carbonyl (C=O) groups excluding carboxylic acids is 2. The maximum atomic E-state index is 12.4. The molecule has 1 heterocycles. The SMILES string of the molecule is COC[C@H](C)N1C[C@@H](C(=O)Nc2ccc(Br)cc2C)CC1=O. The van der Waals surface area contributed by atoms with Gasteiger partial charge in [-0.3, -0.25) is 9.59 Å². The molecule has 0 aromatic heterocycles. The molecule has 0 unspecified atom stereocenters. The van der Waals surface area contributed by atoms with Gasteiger partial charge in [-0.25, -0.2) is 0 Å². The first-order valence-corrected chi connectivity index (χ1v) is 8.07. The zero-order valence-corrected chi connectivity index (χ0v) is 14.6. The Kier molecular flexibility index (Phi) is 5.58. The van der Waals surface area contributed by atoms with E-state index in [-0.39, 0.29) is 30.2 Å². The standard InChI is InChI=1S/C16H21BrN2O3/c1-10-6-13(17)4-5-14(10)18-16(21)12-7-15(20)19(8-12)11(2)9-22-3/h4-6,11-12H,7-9H2,1-3H3,(H,18,21)/t11-,12-/m0/s1. The van der Waals surface area contributed by atoms with Crippen LogP contribution in [0.3, 0.4) is 0 Å². The Bertz CT molecular complexity index is 577. The molecule has 1 fully saturated rings. The van der Waals surface area contributed by atoms with E-state index in [4.69, 9.17) is 4.74 Å². The predicted octanol–water partition coefficient (Wildman–Crippen LogP) is 2.58. The first-order valence-electron chi connectivity index (χ1n) is 7.27. The number of amides is 2. The summed E-state index contributed by atoms with van der Waals surface area (Å²) in [6, 6.07) is 5.68. The molecule has 2 amide bonds. The zero-order chi connectivity index (χ0) is 16.3. The largest absolute Gasteiger partial charge is 0.383 e. The number of halogens is 1. The molecule has 0 radical (unpaired) electrons. The van der Waals surface area contributed by atoms with Crippen molar-refractivity contribution in [3.63, 3.8) is 0 Å². The number of ether oxygens (including phenoxy) is 1. The quantitative estimate of drug-likeness (QED) is 0.868. The van der Waals surface area contributed by atoms with Crippen LogP contribution in [0.1, 0.15) is 18.9 Å². The molecule has 1 saturated heterocycles. The van der Waals surface area contributed by atoms with Gasteiger partial charge >= 0.3 is 0 Å². The van der Waals surface area contributed by atoms with E-state index in [0.717, 1.165) is 15.7 Å². The van der Waals surface area contributed by atoms with Gasteiger partial charge in [0.2, 0.25) is 11.8 Å². The summed E-state index contributed by atoms with van der Waals surface area (Å²) in [5.41, 5.74) is 1.76. The van der Waals surface area contributed by atoms with Crippen LogP contribution < -0.4 is 5.32 Å². The van der Waals surface area contributed by atoms with Crippen LogP contribution in [0.15, 0.2) is 22.7 Å². The molecule has 1 N–H and O–H groups in total. The Balaban J connectivity index is 2.00. The minimum Gasteiger partial charge on any atom is -0.383 e. The van der Waals surface area contributed by atoms with Crippen molar-refractivity contribution in [2.45, 2.75) is 26.3 Å². The molecule has 0 aliphatic carbocycles. The number of likely N-dealkylation sites (tertiary alicyclic amines) is 1. The van der Waals surface area contributed by atoms with Crippen LogP contribution in [0.4, 0.5) is 5.69 Å². The van der Waals surface area contributed by atoms with Gasteiger partial charge < -0.3 is 15.0 Å². The number of benzene rings is 1. The van der Waals surface area contributed by atoms with Crippen molar-refractivity contribution < 1.29 is 14.3 Å². The molecule has 0 bridgehead atoms. The number of aryl methyl sites for hydroxylation is 1. The highest BCUT2D eigenvalue weighted by atomic mass is 79.9. The average molecular weight is 369 g/mol. The number of hydrogen-bond donors (Lipinski definition) is 1. The second-order valence-corrected chi connectivity index (χ2v) is 6.62. The molecule has 0 spiro atoms. The van der Waals surface area contributed by atoms with E-state index in [9.17, 15) is 9.59 Å². The third-order valence-corrected chi connectivity index (χ3v) is 4.41. The molecule has 120 valence electrons. The highest BCUT2D eigenvalue weighted by Gasteiger charge is 2.36. The molecule has 1 aliphatic rings. The number of anilines is 1. The van der Waals surface area contributed by atoms with E-state index in [2.05, 4.69) is 21.2 Å². The Morgan fingerprint density at radius 2 is 2.27 bits per heavy atom. The molecular formula is C16H21BrN2O3. The van der Waals surface area contributed by atoms with Gasteiger partial charge in [-0.15, -0.1) is 0 Å². The van der Waals surface area contributed by atoms with E-state index in [0.29, 0.717) is 13.2 Å². The van der Waals surface area contributed by atoms with Crippen molar-refractivity contribution in [3.8, 4) is 0 Å². The van der Waals surface area contributed by atoms with E-state index < -0.39 is 0 Å². The monoisotopic (exact) mass is 368 g/mol. The molecule has 1 aliphatic heterocycles. The molecule has 0 saturated carbocycles. The van der Waals surface area contributed by atoms with Crippen LogP contribution in [0.2, 0.25) is 0 Å². The van der Waals surface area contributed by atoms with Crippen LogP contribution in [0.5, 0.6) is 0 Å². The Morgan fingerprint density at radius 3 is 2.91 bits per heavy atom. The summed E-state index contributed by atoms with van der Waals surface area (Å²) in [5, 5.41) is 2.92. The van der Waals surface area contributed by atoms with E-state index in [1.54, 1.807) is 12.0 Å². The van der Waals surface area contributed by atoms with E-state index in [1.807, 2.05) is 32.0 Å². The van der Waals surface area contributed by atoms with Crippen molar-refractivity contribution in [1.29, 1.82) is 0 Å². The average Bonchev–Trinajstić information content (AvgIpc) is 2.84. The molecule has 1 aromatic carbocycles. The third kappa shape index (κ3) is 3.87. The number of nitrogens with zero attached hydrogens (tertiary/aromatic N) is 1. The summed E-state index contributed by atoms with van der Waals surface area (Å²) in [6.45, 7) is 4.80. The Hall–Kier alpha value is -1.40. The Labute approximate surface area is 139 Å². The Morgan fingerprint density at radius 1 is 1.55 bits per heavy atom. The molecule has 5 nitrogen and oxygen atoms in total. The molecule has 1 aromatic rings. The molecule has 22 heavy (non-hydrogen) atoms. The lowest BCUT2D eigenvalue weighted by Gasteiger charge is -2.24. The molecule has 2 rings (SSSR count). The second kappa shape index (κ2) is 7.24. The van der Waals surface area contributed by atoms with E-state index >= 15 is 0 Å². The van der Waals surface area contributed by atoms with Crippen LogP contribution >= 0.6 is 15.9 Å². The van der Waals surface area contributed by atoms with Crippen molar-refractivity contribution in [2.24, 2.45) is 5.92 Å². The number of methoxy groups -OCH3 is 1. The van der Waals surface area contributed by atoms with Gasteiger partial charge in [0.1, 0.15) is 0 Å². The summed E-state index contributed by atoms with van der Waals surface area (Å²) in [5.74, 6) is -0.405. The fourth-order valence-electron chi connectivity index (χ4n) is 2.67. The van der Waals surface area contributed by atoms with Crippen LogP contribution in [0.25, 0.3) is 0 Å². The maximum absolute atomic E-state index is 12.4. The van der Waals surface area contributed by atoms with Gasteiger partial charge in [0.05, 0.1) is 18.6 Å². The van der Waals surface area contributed by atoms with E-state index in [1.165, 1.54) is 0 Å². The molecule has 2 atom stereocenters. The summed E-state index contributed by atoms with van der Waals surface area (Å²) in [7, 11) is 1.61. The third-order valence-electron chi connectivity index (χ3n) is 3.92. The lowest BCUT2D eigenvalue weighted by Crippen LogP contribution is -2.38. The first kappa shape index (κ1) is 17.0. The van der Waals surface area contributed by atoms with Gasteiger partial charge in [0.25, 0.3) is 0 Å². The fourth-order valence-corrected chi connectivity index (χ4v) is 3.14. The van der Waals surface area contributed by atoms with Crippen LogP contribution in [-0.4, -0.2) is 43.0 Å². The first-order chi connectivity index (χ1) is 10.4. The molecule has 6 heteroatoms. The summed E-state index contributed by atoms with van der Waals surface area (Å²) >= 11 is 3.40. The second-order valence-electron chi connectivity index (χ2n) is 5.70. The van der Waals surface area contributed by atoms with Gasteiger partial charge in [-0.05, 0) is 37.6 Å². The smallest absolute Gasteiger partial charge is 0.229 e. The van der Waals surface area contributed by atoms with Crippen LogP contribution in [0, 0.1) is 12.8 Å². The number of rotatable bonds is 5. The lowest BCUT2D eigenvalue weighted by atomic mass is 10.1. The zero-order valence-electron chi connectivity index (χ0n) is 13.1. The topological polar surface area (TPSA) is 58.6 Å². The maximum Gasteiger partial charge on any atom is 0.229 e. The highest BCUT2D eigenvalue weighted by molar-refractivity contribution is 9.10. The normalized spacial score (nSPS) is 19.4. The summed E-state index contributed by atoms with van der Waals surface area (Å²) in [6.07, 6.45) is 0.259. The minimum atomic E-state index is -0.310. The summed E-state index contributed by atoms with van der Waals surface area (Å²) < 4.78 is 6.05. The van der Waals surface area contributed by atoms with Gasteiger partial charge in [-0.1, -0.05) is 15.9 Å². The van der Waals surface area contributed by atoms with Gasteiger partial charge in [0, 0.05) is 30.2 Å². The fraction of sp³-hybridized carbons (Fsp3) is 0.500. The van der Waals surface area contributed by atoms with Crippen LogP contribution in [-0.2, 0) is 14.3 Å². The van der Waals surface area contributed by atoms with Gasteiger partial charge in [-0.2, -0.15) is 0 Å². The van der Waals surface area contributed by atoms with Crippen molar-refractivity contribution in [3.05, 3.63) is 28.2 Å². The highest BCUT2D eigenvalue weighted by Crippen LogP contribution is 2.24. The lowest BCUT2D eigenvalue weighted by molar-refractivity contribution is -0.130. The molecular weight excluding hydrogens is 348 g/mol. The number of carbonyl (C=O) groups is 2. The van der Waals surface area contributed by atoms with Gasteiger partial charge in [0.15, 0.2) is 0 Å². The summed E-state index contributed by atoms with van der Waals surface area (Å²) in [4.78, 5) is 26.2. The van der Waals surface area contributed by atoms with Crippen molar-refractivity contribution in [2.75, 3.05) is 25.6 Å². The number of hydrogen-bond acceptors (Lipinski definition) is 3. The number of nitrogens with one attached hydrogen (secondary N) is 1. The predicted molar refractivity (Wildman–Crippen MR) is 88.7 cm³/mol. The minimum absolute atomic E-state index is 0.00952. The van der Waals surface area contributed by atoms with Crippen molar-refractivity contribution >= 4 is 33.4 Å². The van der Waals surface area contributed by atoms with Crippen molar-refractivity contribution in [1.82, 2.24) is 4.90 Å².